The lowest BCUT2D eigenvalue weighted by Crippen LogP contribution is -2.41. The van der Waals surface area contributed by atoms with Crippen LogP contribution >= 0.6 is 0 Å². The number of carbonyl (C=O) groups excluding carboxylic acids is 1. The molecule has 0 aliphatic carbocycles. The first-order chi connectivity index (χ1) is 9.47. The quantitative estimate of drug-likeness (QED) is 0.856. The predicted molar refractivity (Wildman–Crippen MR) is 80.1 cm³/mol. The van der Waals surface area contributed by atoms with Crippen molar-refractivity contribution in [3.8, 4) is 5.75 Å². The molecule has 0 amide bonds. The van der Waals surface area contributed by atoms with Crippen molar-refractivity contribution in [1.29, 1.82) is 0 Å². The Kier molecular flexibility index (Phi) is 4.78. The lowest BCUT2D eigenvalue weighted by Gasteiger charge is -2.35. The van der Waals surface area contributed by atoms with Gasteiger partial charge in [-0.25, -0.2) is 0 Å². The second-order valence-corrected chi connectivity index (χ2v) is 5.87. The van der Waals surface area contributed by atoms with Crippen LogP contribution in [0.4, 0.5) is 0 Å². The predicted octanol–water partition coefficient (Wildman–Crippen LogP) is 2.12. The molecule has 1 aliphatic heterocycles. The summed E-state index contributed by atoms with van der Waals surface area (Å²) < 4.78 is 0. The SMILES string of the molecule is CC(=O)c1ccc(O)c(CN2CCC(N(C)C)CC2)c1. The fourth-order valence-electron chi connectivity index (χ4n) is 2.77. The van der Waals surface area contributed by atoms with Crippen LogP contribution in [0.15, 0.2) is 18.2 Å². The molecule has 0 atom stereocenters. The minimum atomic E-state index is 0.0394. The molecule has 110 valence electrons. The van der Waals surface area contributed by atoms with Crippen molar-refractivity contribution in [1.82, 2.24) is 9.80 Å². The average molecular weight is 276 g/mol. The zero-order valence-electron chi connectivity index (χ0n) is 12.6. The zero-order chi connectivity index (χ0) is 14.7. The van der Waals surface area contributed by atoms with E-state index in [1.165, 1.54) is 0 Å². The summed E-state index contributed by atoms with van der Waals surface area (Å²) in [6.07, 6.45) is 2.31. The highest BCUT2D eigenvalue weighted by molar-refractivity contribution is 5.94. The van der Waals surface area contributed by atoms with Crippen LogP contribution in [-0.4, -0.2) is 53.9 Å². The Hall–Kier alpha value is -1.39. The van der Waals surface area contributed by atoms with E-state index < -0.39 is 0 Å². The van der Waals surface area contributed by atoms with Crippen molar-refractivity contribution in [2.45, 2.75) is 32.4 Å². The Balaban J connectivity index is 2.00. The first-order valence-electron chi connectivity index (χ1n) is 7.19. The molecule has 1 heterocycles. The Labute approximate surface area is 121 Å². The van der Waals surface area contributed by atoms with Gasteiger partial charge in [0.05, 0.1) is 0 Å². The molecule has 1 saturated heterocycles. The van der Waals surface area contributed by atoms with Gasteiger partial charge in [-0.15, -0.1) is 0 Å². The second-order valence-electron chi connectivity index (χ2n) is 5.87. The summed E-state index contributed by atoms with van der Waals surface area (Å²) in [4.78, 5) is 16.0. The van der Waals surface area contributed by atoms with Crippen molar-refractivity contribution in [3.63, 3.8) is 0 Å². The monoisotopic (exact) mass is 276 g/mol. The molecule has 0 spiro atoms. The highest BCUT2D eigenvalue weighted by atomic mass is 16.3. The van der Waals surface area contributed by atoms with Gasteiger partial charge in [0.25, 0.3) is 0 Å². The first-order valence-corrected chi connectivity index (χ1v) is 7.19. The number of nitrogens with zero attached hydrogens (tertiary/aromatic N) is 2. The molecular formula is C16H24N2O2. The molecule has 1 aromatic carbocycles. The molecule has 1 N–H and O–H groups in total. The number of Topliss-reactive ketones (excluding diaryl/α,β-unsaturated/α-hetero) is 1. The van der Waals surface area contributed by atoms with Crippen molar-refractivity contribution in [3.05, 3.63) is 29.3 Å². The van der Waals surface area contributed by atoms with Gasteiger partial charge in [0.15, 0.2) is 5.78 Å². The Morgan fingerprint density at radius 2 is 2.00 bits per heavy atom. The van der Waals surface area contributed by atoms with Crippen LogP contribution in [0.5, 0.6) is 5.75 Å². The lowest BCUT2D eigenvalue weighted by atomic mass is 10.0. The number of aromatic hydroxyl groups is 1. The molecular weight excluding hydrogens is 252 g/mol. The van der Waals surface area contributed by atoms with E-state index in [1.807, 2.05) is 6.07 Å². The van der Waals surface area contributed by atoms with Crippen LogP contribution in [0.25, 0.3) is 0 Å². The molecule has 0 bridgehead atoms. The molecule has 0 radical (unpaired) electrons. The molecule has 20 heavy (non-hydrogen) atoms. The van der Waals surface area contributed by atoms with Gasteiger partial charge < -0.3 is 10.0 Å². The third kappa shape index (κ3) is 3.58. The average Bonchev–Trinajstić information content (AvgIpc) is 2.41. The summed E-state index contributed by atoms with van der Waals surface area (Å²) in [5.74, 6) is 0.322. The number of hydrogen-bond donors (Lipinski definition) is 1. The number of piperidine rings is 1. The molecule has 0 unspecified atom stereocenters. The highest BCUT2D eigenvalue weighted by Gasteiger charge is 2.21. The van der Waals surface area contributed by atoms with Gasteiger partial charge in [0.1, 0.15) is 5.75 Å². The topological polar surface area (TPSA) is 43.8 Å². The van der Waals surface area contributed by atoms with Gasteiger partial charge in [-0.05, 0) is 65.1 Å². The number of hydrogen-bond acceptors (Lipinski definition) is 4. The van der Waals surface area contributed by atoms with Crippen molar-refractivity contribution < 1.29 is 9.90 Å². The van der Waals surface area contributed by atoms with E-state index in [1.54, 1.807) is 19.1 Å². The van der Waals surface area contributed by atoms with E-state index in [2.05, 4.69) is 23.9 Å². The third-order valence-electron chi connectivity index (χ3n) is 4.17. The fourth-order valence-corrected chi connectivity index (χ4v) is 2.77. The molecule has 4 heteroatoms. The highest BCUT2D eigenvalue weighted by Crippen LogP contribution is 2.23. The molecule has 1 aliphatic rings. The van der Waals surface area contributed by atoms with Gasteiger partial charge in [-0.3, -0.25) is 9.69 Å². The lowest BCUT2D eigenvalue weighted by molar-refractivity contribution is 0.101. The van der Waals surface area contributed by atoms with E-state index in [-0.39, 0.29) is 11.5 Å². The normalized spacial score (nSPS) is 17.6. The van der Waals surface area contributed by atoms with Gasteiger partial charge in [-0.1, -0.05) is 0 Å². The van der Waals surface area contributed by atoms with E-state index in [9.17, 15) is 9.90 Å². The largest absolute Gasteiger partial charge is 0.508 e. The zero-order valence-corrected chi connectivity index (χ0v) is 12.6. The number of phenolic OH excluding ortho intramolecular Hbond substituents is 1. The Morgan fingerprint density at radius 1 is 1.35 bits per heavy atom. The molecule has 0 aromatic heterocycles. The van der Waals surface area contributed by atoms with Crippen LogP contribution in [0, 0.1) is 0 Å². The van der Waals surface area contributed by atoms with Crippen molar-refractivity contribution in [2.24, 2.45) is 0 Å². The van der Waals surface area contributed by atoms with E-state index >= 15 is 0 Å². The van der Waals surface area contributed by atoms with E-state index in [0.717, 1.165) is 31.5 Å². The van der Waals surface area contributed by atoms with Crippen molar-refractivity contribution in [2.75, 3.05) is 27.2 Å². The summed E-state index contributed by atoms with van der Waals surface area (Å²) >= 11 is 0. The maximum Gasteiger partial charge on any atom is 0.159 e. The van der Waals surface area contributed by atoms with Crippen LogP contribution in [-0.2, 0) is 6.54 Å². The van der Waals surface area contributed by atoms with Crippen molar-refractivity contribution >= 4 is 5.78 Å². The van der Waals surface area contributed by atoms with E-state index in [0.29, 0.717) is 18.2 Å². The minimum absolute atomic E-state index is 0.0394. The fraction of sp³-hybridized carbons (Fsp3) is 0.562. The van der Waals surface area contributed by atoms with Crippen LogP contribution in [0.2, 0.25) is 0 Å². The standard InChI is InChI=1S/C16H24N2O2/c1-12(19)13-4-5-16(20)14(10-13)11-18-8-6-15(7-9-18)17(2)3/h4-5,10,15,20H,6-9,11H2,1-3H3. The number of benzene rings is 1. The number of carbonyl (C=O) groups is 1. The summed E-state index contributed by atoms with van der Waals surface area (Å²) in [6.45, 7) is 4.34. The smallest absolute Gasteiger partial charge is 0.159 e. The maximum absolute atomic E-state index is 11.4. The van der Waals surface area contributed by atoms with Gasteiger partial charge in [-0.2, -0.15) is 0 Å². The van der Waals surface area contributed by atoms with Gasteiger partial charge >= 0.3 is 0 Å². The second kappa shape index (κ2) is 6.37. The van der Waals surface area contributed by atoms with Crippen LogP contribution < -0.4 is 0 Å². The first kappa shape index (κ1) is 15.0. The third-order valence-corrected chi connectivity index (χ3v) is 4.17. The number of ketones is 1. The van der Waals surface area contributed by atoms with Gasteiger partial charge in [0.2, 0.25) is 0 Å². The number of phenols is 1. The van der Waals surface area contributed by atoms with Crippen LogP contribution in [0.1, 0.15) is 35.7 Å². The number of likely N-dealkylation sites (tertiary alicyclic amines) is 1. The van der Waals surface area contributed by atoms with E-state index in [4.69, 9.17) is 0 Å². The number of rotatable bonds is 4. The molecule has 0 saturated carbocycles. The van der Waals surface area contributed by atoms with Gasteiger partial charge in [0, 0.05) is 23.7 Å². The molecule has 2 rings (SSSR count). The summed E-state index contributed by atoms with van der Waals surface area (Å²) in [7, 11) is 4.25. The summed E-state index contributed by atoms with van der Waals surface area (Å²) in [5.41, 5.74) is 1.52. The summed E-state index contributed by atoms with van der Waals surface area (Å²) in [5, 5.41) is 9.94. The maximum atomic E-state index is 11.4. The van der Waals surface area contributed by atoms with Crippen LogP contribution in [0.3, 0.4) is 0 Å². The Bertz CT molecular complexity index is 477. The Morgan fingerprint density at radius 3 is 2.55 bits per heavy atom. The molecule has 4 nitrogen and oxygen atoms in total. The minimum Gasteiger partial charge on any atom is -0.508 e. The molecule has 1 fully saturated rings. The molecule has 1 aromatic rings. The summed E-state index contributed by atoms with van der Waals surface area (Å²) in [6, 6.07) is 5.77.